The summed E-state index contributed by atoms with van der Waals surface area (Å²) in [5.41, 5.74) is 4.31. The summed E-state index contributed by atoms with van der Waals surface area (Å²) in [5.74, 6) is 1.26. The number of hydrogen-bond donors (Lipinski definition) is 1. The van der Waals surface area contributed by atoms with Gasteiger partial charge in [0.25, 0.3) is 0 Å². The number of rotatable bonds is 5. The number of ether oxygens (including phenoxy) is 2. The molecule has 0 amide bonds. The minimum atomic E-state index is -0.138. The molecule has 3 rings (SSSR count). The van der Waals surface area contributed by atoms with Gasteiger partial charge in [-0.3, -0.25) is 0 Å². The highest BCUT2D eigenvalue weighted by molar-refractivity contribution is 5.46. The van der Waals surface area contributed by atoms with Crippen LogP contribution in [0.3, 0.4) is 0 Å². The van der Waals surface area contributed by atoms with Crippen LogP contribution >= 0.6 is 0 Å². The highest BCUT2D eigenvalue weighted by Crippen LogP contribution is 2.35. The third-order valence-corrected chi connectivity index (χ3v) is 4.64. The van der Waals surface area contributed by atoms with Gasteiger partial charge in [0.1, 0.15) is 24.2 Å². The predicted octanol–water partition coefficient (Wildman–Crippen LogP) is 4.11. The van der Waals surface area contributed by atoms with E-state index in [9.17, 15) is 5.11 Å². The molecule has 1 unspecified atom stereocenters. The maximum Gasteiger partial charge on any atom is 0.122 e. The summed E-state index contributed by atoms with van der Waals surface area (Å²) < 4.78 is 11.0. The van der Waals surface area contributed by atoms with Crippen molar-refractivity contribution in [1.29, 1.82) is 0 Å². The first-order chi connectivity index (χ1) is 10.9. The van der Waals surface area contributed by atoms with Crippen molar-refractivity contribution >= 4 is 0 Å². The summed E-state index contributed by atoms with van der Waals surface area (Å²) in [5, 5.41) is 9.74. The summed E-state index contributed by atoms with van der Waals surface area (Å²) in [7, 11) is 0. The van der Waals surface area contributed by atoms with Crippen LogP contribution in [-0.2, 0) is 10.2 Å². The van der Waals surface area contributed by atoms with Crippen LogP contribution in [0.25, 0.3) is 0 Å². The van der Waals surface area contributed by atoms with Crippen LogP contribution in [0, 0.1) is 13.8 Å². The minimum Gasteiger partial charge on any atom is -0.508 e. The maximum atomic E-state index is 9.74. The Bertz CT molecular complexity index is 715. The van der Waals surface area contributed by atoms with Gasteiger partial charge < -0.3 is 14.6 Å². The zero-order chi connectivity index (χ0) is 16.6. The molecule has 0 radical (unpaired) electrons. The van der Waals surface area contributed by atoms with Gasteiger partial charge in [0, 0.05) is 5.41 Å². The fraction of sp³-hybridized carbons (Fsp3) is 0.400. The lowest BCUT2D eigenvalue weighted by molar-refractivity contribution is 0.261. The van der Waals surface area contributed by atoms with Gasteiger partial charge in [0.2, 0.25) is 0 Å². The van der Waals surface area contributed by atoms with Crippen molar-refractivity contribution in [3.8, 4) is 11.5 Å². The van der Waals surface area contributed by atoms with E-state index in [4.69, 9.17) is 9.47 Å². The molecule has 1 saturated heterocycles. The molecule has 23 heavy (non-hydrogen) atoms. The Hall–Kier alpha value is -2.00. The normalized spacial score (nSPS) is 17.1. The van der Waals surface area contributed by atoms with Crippen molar-refractivity contribution in [3.63, 3.8) is 0 Å². The van der Waals surface area contributed by atoms with Crippen molar-refractivity contribution in [2.24, 2.45) is 0 Å². The van der Waals surface area contributed by atoms with Crippen molar-refractivity contribution in [2.45, 2.75) is 39.2 Å². The van der Waals surface area contributed by atoms with Crippen molar-refractivity contribution in [2.75, 3.05) is 13.2 Å². The van der Waals surface area contributed by atoms with Crippen LogP contribution in [-0.4, -0.2) is 24.4 Å². The van der Waals surface area contributed by atoms with E-state index in [0.29, 0.717) is 12.4 Å². The lowest BCUT2D eigenvalue weighted by atomic mass is 9.77. The Morgan fingerprint density at radius 1 is 1.09 bits per heavy atom. The van der Waals surface area contributed by atoms with Crippen molar-refractivity contribution in [1.82, 2.24) is 0 Å². The third-order valence-electron chi connectivity index (χ3n) is 4.64. The second kappa shape index (κ2) is 5.89. The fourth-order valence-electron chi connectivity index (χ4n) is 2.76. The number of benzene rings is 2. The van der Waals surface area contributed by atoms with E-state index in [2.05, 4.69) is 39.0 Å². The maximum absolute atomic E-state index is 9.74. The van der Waals surface area contributed by atoms with E-state index in [1.807, 2.05) is 19.1 Å². The van der Waals surface area contributed by atoms with E-state index in [1.54, 1.807) is 6.07 Å². The molecular weight excluding hydrogens is 288 g/mol. The van der Waals surface area contributed by atoms with E-state index in [0.717, 1.165) is 23.5 Å². The second-order valence-electron chi connectivity index (χ2n) is 6.87. The molecule has 1 fully saturated rings. The van der Waals surface area contributed by atoms with Gasteiger partial charge in [0.05, 0.1) is 6.61 Å². The molecule has 0 aromatic heterocycles. The zero-order valence-electron chi connectivity index (χ0n) is 14.2. The number of phenols is 1. The number of aryl methyl sites for hydroxylation is 2. The first kappa shape index (κ1) is 15.9. The van der Waals surface area contributed by atoms with E-state index >= 15 is 0 Å². The lowest BCUT2D eigenvalue weighted by Crippen LogP contribution is -2.19. The Kier molecular flexibility index (Phi) is 4.07. The van der Waals surface area contributed by atoms with Crippen molar-refractivity contribution < 1.29 is 14.6 Å². The molecule has 1 heterocycles. The molecule has 2 aromatic rings. The monoisotopic (exact) mass is 312 g/mol. The standard InChI is InChI=1S/C20H24O3/c1-13-9-15(5-7-18(13)21)20(3,4)16-6-8-19(14(2)10-16)23-12-17-11-22-17/h5-10,17,21H,11-12H2,1-4H3. The zero-order valence-corrected chi connectivity index (χ0v) is 14.2. The highest BCUT2D eigenvalue weighted by atomic mass is 16.6. The van der Waals surface area contributed by atoms with Gasteiger partial charge in [-0.15, -0.1) is 0 Å². The van der Waals surface area contributed by atoms with Crippen LogP contribution in [0.15, 0.2) is 36.4 Å². The van der Waals surface area contributed by atoms with Gasteiger partial charge >= 0.3 is 0 Å². The molecular formula is C20H24O3. The lowest BCUT2D eigenvalue weighted by Gasteiger charge is -2.27. The van der Waals surface area contributed by atoms with Crippen molar-refractivity contribution in [3.05, 3.63) is 58.7 Å². The first-order valence-corrected chi connectivity index (χ1v) is 8.03. The Balaban J connectivity index is 1.86. The third kappa shape index (κ3) is 3.35. The Labute approximate surface area is 137 Å². The van der Waals surface area contributed by atoms with Gasteiger partial charge in [-0.25, -0.2) is 0 Å². The molecule has 1 atom stereocenters. The van der Waals surface area contributed by atoms with Gasteiger partial charge in [-0.2, -0.15) is 0 Å². The molecule has 0 saturated carbocycles. The molecule has 122 valence electrons. The van der Waals surface area contributed by atoms with Crippen LogP contribution in [0.2, 0.25) is 0 Å². The van der Waals surface area contributed by atoms with E-state index < -0.39 is 0 Å². The summed E-state index contributed by atoms with van der Waals surface area (Å²) in [6.45, 7) is 9.84. The molecule has 1 N–H and O–H groups in total. The molecule has 3 nitrogen and oxygen atoms in total. The predicted molar refractivity (Wildman–Crippen MR) is 91.4 cm³/mol. The summed E-state index contributed by atoms with van der Waals surface area (Å²) >= 11 is 0. The number of aromatic hydroxyl groups is 1. The van der Waals surface area contributed by atoms with Gasteiger partial charge in [0.15, 0.2) is 0 Å². The molecule has 3 heteroatoms. The first-order valence-electron chi connectivity index (χ1n) is 8.03. The summed E-state index contributed by atoms with van der Waals surface area (Å²) in [4.78, 5) is 0. The average Bonchev–Trinajstić information content (AvgIpc) is 3.33. The highest BCUT2D eigenvalue weighted by Gasteiger charge is 2.26. The number of hydrogen-bond acceptors (Lipinski definition) is 3. The van der Waals surface area contributed by atoms with Crippen LogP contribution in [0.5, 0.6) is 11.5 Å². The second-order valence-corrected chi connectivity index (χ2v) is 6.87. The van der Waals surface area contributed by atoms with Gasteiger partial charge in [-0.05, 0) is 48.2 Å². The molecule has 1 aliphatic rings. The average molecular weight is 312 g/mol. The molecule has 1 aliphatic heterocycles. The summed E-state index contributed by atoms with van der Waals surface area (Å²) in [6.07, 6.45) is 0.269. The Morgan fingerprint density at radius 3 is 2.26 bits per heavy atom. The SMILES string of the molecule is Cc1cc(C(C)(C)c2ccc(OCC3CO3)c(C)c2)ccc1O. The smallest absolute Gasteiger partial charge is 0.122 e. The quantitative estimate of drug-likeness (QED) is 0.845. The van der Waals surface area contributed by atoms with Crippen LogP contribution < -0.4 is 4.74 Å². The largest absolute Gasteiger partial charge is 0.508 e. The van der Waals surface area contributed by atoms with Crippen LogP contribution in [0.4, 0.5) is 0 Å². The van der Waals surface area contributed by atoms with Crippen LogP contribution in [0.1, 0.15) is 36.1 Å². The number of epoxide rings is 1. The topological polar surface area (TPSA) is 42.0 Å². The molecule has 2 aromatic carbocycles. The van der Waals surface area contributed by atoms with Gasteiger partial charge in [-0.1, -0.05) is 38.1 Å². The summed E-state index contributed by atoms with van der Waals surface area (Å²) in [6, 6.07) is 12.2. The van der Waals surface area contributed by atoms with E-state index in [1.165, 1.54) is 11.1 Å². The Morgan fingerprint density at radius 2 is 1.70 bits per heavy atom. The number of phenolic OH excluding ortho intramolecular Hbond substituents is 1. The fourth-order valence-corrected chi connectivity index (χ4v) is 2.76. The molecule has 0 spiro atoms. The molecule has 0 aliphatic carbocycles. The minimum absolute atomic E-state index is 0.138. The van der Waals surface area contributed by atoms with E-state index in [-0.39, 0.29) is 11.5 Å². The molecule has 0 bridgehead atoms.